The Morgan fingerprint density at radius 3 is 2.50 bits per heavy atom. The molecule has 0 bridgehead atoms. The third kappa shape index (κ3) is 4.10. The summed E-state index contributed by atoms with van der Waals surface area (Å²) < 4.78 is 26.2. The van der Waals surface area contributed by atoms with Crippen molar-refractivity contribution in [2.45, 2.75) is 33.1 Å². The summed E-state index contributed by atoms with van der Waals surface area (Å²) in [5.41, 5.74) is 0.408. The lowest BCUT2D eigenvalue weighted by Crippen LogP contribution is -2.40. The number of rotatable bonds is 4. The number of halogens is 2. The lowest BCUT2D eigenvalue weighted by Gasteiger charge is -2.37. The quantitative estimate of drug-likeness (QED) is 0.785. The summed E-state index contributed by atoms with van der Waals surface area (Å²) in [6, 6.07) is 2.99. The Morgan fingerprint density at radius 2 is 1.90 bits per heavy atom. The Balaban J connectivity index is 1.92. The second kappa shape index (κ2) is 6.00. The van der Waals surface area contributed by atoms with Crippen LogP contribution in [0.5, 0.6) is 0 Å². The number of hydrogen-bond donors (Lipinski definition) is 0. The van der Waals surface area contributed by atoms with Crippen molar-refractivity contribution in [1.29, 1.82) is 0 Å². The van der Waals surface area contributed by atoms with Crippen LogP contribution in [0.2, 0.25) is 0 Å². The van der Waals surface area contributed by atoms with Crippen molar-refractivity contribution < 1.29 is 13.6 Å². The average molecular weight is 281 g/mol. The summed E-state index contributed by atoms with van der Waals surface area (Å²) in [5, 5.41) is 0. The van der Waals surface area contributed by atoms with E-state index in [0.29, 0.717) is 13.0 Å². The summed E-state index contributed by atoms with van der Waals surface area (Å²) >= 11 is 0. The van der Waals surface area contributed by atoms with E-state index in [2.05, 4.69) is 18.7 Å². The van der Waals surface area contributed by atoms with E-state index in [4.69, 9.17) is 0 Å². The molecule has 0 N–H and O–H groups in total. The van der Waals surface area contributed by atoms with Gasteiger partial charge in [0.25, 0.3) is 0 Å². The minimum atomic E-state index is -0.701. The second-order valence-corrected chi connectivity index (χ2v) is 6.38. The number of piperidine rings is 1. The number of ketones is 1. The van der Waals surface area contributed by atoms with Gasteiger partial charge in [-0.3, -0.25) is 4.79 Å². The van der Waals surface area contributed by atoms with Gasteiger partial charge in [-0.05, 0) is 36.9 Å². The van der Waals surface area contributed by atoms with Gasteiger partial charge in [-0.15, -0.1) is 0 Å². The number of benzene rings is 1. The molecule has 2 rings (SSSR count). The third-order valence-electron chi connectivity index (χ3n) is 3.82. The van der Waals surface area contributed by atoms with E-state index < -0.39 is 11.6 Å². The van der Waals surface area contributed by atoms with Gasteiger partial charge in [0.15, 0.2) is 5.78 Å². The molecule has 20 heavy (non-hydrogen) atoms. The second-order valence-electron chi connectivity index (χ2n) is 6.38. The Bertz CT molecular complexity index is 479. The van der Waals surface area contributed by atoms with Crippen molar-refractivity contribution in [3.05, 3.63) is 35.4 Å². The normalized spacial score (nSPS) is 19.0. The molecule has 0 unspecified atom stereocenters. The van der Waals surface area contributed by atoms with Gasteiger partial charge in [0.05, 0.1) is 0 Å². The number of carbonyl (C=O) groups excluding carboxylic acids is 1. The SMILES string of the molecule is CC1(C)CCCN(CCC(=O)c2cc(F)cc(F)c2)C1. The largest absolute Gasteiger partial charge is 0.302 e. The zero-order valence-electron chi connectivity index (χ0n) is 12.1. The molecule has 1 fully saturated rings. The van der Waals surface area contributed by atoms with E-state index in [1.807, 2.05) is 0 Å². The van der Waals surface area contributed by atoms with Gasteiger partial charge in [0.1, 0.15) is 11.6 Å². The standard InChI is InChI=1S/C16H21F2NO/c1-16(2)5-3-6-19(11-16)7-4-15(20)12-8-13(17)10-14(18)9-12/h8-10H,3-7,11H2,1-2H3. The highest BCUT2D eigenvalue weighted by atomic mass is 19.1. The van der Waals surface area contributed by atoms with Gasteiger partial charge < -0.3 is 4.90 Å². The van der Waals surface area contributed by atoms with Crippen LogP contribution in [-0.4, -0.2) is 30.3 Å². The molecule has 4 heteroatoms. The highest BCUT2D eigenvalue weighted by molar-refractivity contribution is 5.96. The van der Waals surface area contributed by atoms with Crippen molar-refractivity contribution in [1.82, 2.24) is 4.90 Å². The van der Waals surface area contributed by atoms with E-state index in [9.17, 15) is 13.6 Å². The smallest absolute Gasteiger partial charge is 0.164 e. The fraction of sp³-hybridized carbons (Fsp3) is 0.562. The molecule has 0 aromatic heterocycles. The van der Waals surface area contributed by atoms with Gasteiger partial charge in [0, 0.05) is 31.1 Å². The molecule has 1 aliphatic heterocycles. The first kappa shape index (κ1) is 15.1. The van der Waals surface area contributed by atoms with Crippen LogP contribution in [0.1, 0.15) is 43.5 Å². The molecule has 0 aliphatic carbocycles. The lowest BCUT2D eigenvalue weighted by molar-refractivity contribution is 0.0895. The predicted octanol–water partition coefficient (Wildman–Crippen LogP) is 3.66. The predicted molar refractivity (Wildman–Crippen MR) is 74.8 cm³/mol. The molecule has 0 atom stereocenters. The van der Waals surface area contributed by atoms with E-state index >= 15 is 0 Å². The zero-order valence-corrected chi connectivity index (χ0v) is 12.1. The number of likely N-dealkylation sites (tertiary alicyclic amines) is 1. The number of Topliss-reactive ketones (excluding diaryl/α,β-unsaturated/α-hetero) is 1. The van der Waals surface area contributed by atoms with Crippen LogP contribution in [0, 0.1) is 17.0 Å². The number of carbonyl (C=O) groups is 1. The first-order chi connectivity index (χ1) is 9.35. The van der Waals surface area contributed by atoms with Crippen molar-refractivity contribution in [3.8, 4) is 0 Å². The summed E-state index contributed by atoms with van der Waals surface area (Å²) in [6.45, 7) is 7.07. The Hall–Kier alpha value is -1.29. The first-order valence-corrected chi connectivity index (χ1v) is 7.07. The van der Waals surface area contributed by atoms with Gasteiger partial charge in [0.2, 0.25) is 0 Å². The Labute approximate surface area is 118 Å². The maximum atomic E-state index is 13.1. The monoisotopic (exact) mass is 281 g/mol. The van der Waals surface area contributed by atoms with Gasteiger partial charge in [-0.25, -0.2) is 8.78 Å². The van der Waals surface area contributed by atoms with Gasteiger partial charge in [-0.2, -0.15) is 0 Å². The van der Waals surface area contributed by atoms with E-state index in [1.54, 1.807) is 0 Å². The zero-order chi connectivity index (χ0) is 14.8. The summed E-state index contributed by atoms with van der Waals surface area (Å²) in [7, 11) is 0. The van der Waals surface area contributed by atoms with E-state index in [-0.39, 0.29) is 16.8 Å². The molecule has 0 amide bonds. The van der Waals surface area contributed by atoms with Crippen LogP contribution in [0.4, 0.5) is 8.78 Å². The fourth-order valence-electron chi connectivity index (χ4n) is 2.85. The van der Waals surface area contributed by atoms with Crippen LogP contribution in [0.3, 0.4) is 0 Å². The topological polar surface area (TPSA) is 20.3 Å². The molecule has 1 heterocycles. The molecule has 1 saturated heterocycles. The minimum absolute atomic E-state index is 0.124. The first-order valence-electron chi connectivity index (χ1n) is 7.07. The lowest BCUT2D eigenvalue weighted by atomic mass is 9.84. The molecule has 110 valence electrons. The highest BCUT2D eigenvalue weighted by Crippen LogP contribution is 2.28. The molecule has 1 aromatic rings. The van der Waals surface area contributed by atoms with Crippen LogP contribution in [0.25, 0.3) is 0 Å². The maximum Gasteiger partial charge on any atom is 0.164 e. The van der Waals surface area contributed by atoms with Crippen LogP contribution in [-0.2, 0) is 0 Å². The third-order valence-corrected chi connectivity index (χ3v) is 3.82. The van der Waals surface area contributed by atoms with Crippen LogP contribution < -0.4 is 0 Å². The Morgan fingerprint density at radius 1 is 1.25 bits per heavy atom. The number of hydrogen-bond acceptors (Lipinski definition) is 2. The van der Waals surface area contributed by atoms with Gasteiger partial charge in [-0.1, -0.05) is 13.8 Å². The van der Waals surface area contributed by atoms with Crippen molar-refractivity contribution in [3.63, 3.8) is 0 Å². The molecule has 0 spiro atoms. The minimum Gasteiger partial charge on any atom is -0.302 e. The summed E-state index contributed by atoms with van der Waals surface area (Å²) in [4.78, 5) is 14.3. The van der Waals surface area contributed by atoms with Gasteiger partial charge >= 0.3 is 0 Å². The fourth-order valence-corrected chi connectivity index (χ4v) is 2.85. The Kier molecular flexibility index (Phi) is 4.53. The van der Waals surface area contributed by atoms with Crippen molar-refractivity contribution in [2.24, 2.45) is 5.41 Å². The highest BCUT2D eigenvalue weighted by Gasteiger charge is 2.26. The average Bonchev–Trinajstić information content (AvgIpc) is 2.33. The van der Waals surface area contributed by atoms with Crippen molar-refractivity contribution >= 4 is 5.78 Å². The van der Waals surface area contributed by atoms with E-state index in [0.717, 1.165) is 37.7 Å². The molecular formula is C16H21F2NO. The molecule has 1 aliphatic rings. The molecule has 0 radical (unpaired) electrons. The maximum absolute atomic E-state index is 13.1. The molecule has 1 aromatic carbocycles. The van der Waals surface area contributed by atoms with Crippen molar-refractivity contribution in [2.75, 3.05) is 19.6 Å². The number of nitrogens with zero attached hydrogens (tertiary/aromatic N) is 1. The van der Waals surface area contributed by atoms with Crippen LogP contribution in [0.15, 0.2) is 18.2 Å². The summed E-state index contributed by atoms with van der Waals surface area (Å²) in [5.74, 6) is -1.60. The molecular weight excluding hydrogens is 260 g/mol. The molecule has 0 saturated carbocycles. The molecule has 2 nitrogen and oxygen atoms in total. The summed E-state index contributed by atoms with van der Waals surface area (Å²) in [6.07, 6.45) is 2.64. The van der Waals surface area contributed by atoms with Crippen LogP contribution >= 0.6 is 0 Å². The van der Waals surface area contributed by atoms with E-state index in [1.165, 1.54) is 6.42 Å².